The molecule has 0 N–H and O–H groups in total. The summed E-state index contributed by atoms with van der Waals surface area (Å²) in [4.78, 5) is 16.5. The molecule has 3 aromatic carbocycles. The fourth-order valence-electron chi connectivity index (χ4n) is 4.92. The van der Waals surface area contributed by atoms with Crippen LogP contribution in [0.5, 0.6) is 5.75 Å². The minimum Gasteiger partial charge on any atom is -0.497 e. The van der Waals surface area contributed by atoms with Crippen molar-refractivity contribution in [1.29, 1.82) is 0 Å². The number of hydrogen-bond donors (Lipinski definition) is 0. The molecule has 0 aromatic heterocycles. The lowest BCUT2D eigenvalue weighted by atomic mass is 9.72. The van der Waals surface area contributed by atoms with Crippen LogP contribution in [-0.2, 0) is 16.8 Å². The third-order valence-corrected chi connectivity index (χ3v) is 6.46. The molecule has 0 saturated carbocycles. The molecule has 5 nitrogen and oxygen atoms in total. The Morgan fingerprint density at radius 1 is 0.909 bits per heavy atom. The van der Waals surface area contributed by atoms with Crippen LogP contribution in [0.4, 0.5) is 5.69 Å². The SMILES string of the molecule is COc1cccc(CN(C)N2C(=O)C(CCCN(C)C)(c3ccccc3)c3ccccc32)c1. The number of rotatable bonds is 9. The predicted molar refractivity (Wildman–Crippen MR) is 133 cm³/mol. The molecule has 4 rings (SSSR count). The standard InChI is InChI=1S/C28H33N3O2/c1-29(2)19-11-18-28(23-13-6-5-7-14-23)25-16-8-9-17-26(25)31(27(28)32)30(3)21-22-12-10-15-24(20-22)33-4/h5-10,12-17,20H,11,18-19,21H2,1-4H3. The second-order valence-corrected chi connectivity index (χ2v) is 8.98. The van der Waals surface area contributed by atoms with Crippen LogP contribution in [0.15, 0.2) is 78.9 Å². The Balaban J connectivity index is 1.75. The van der Waals surface area contributed by atoms with E-state index in [4.69, 9.17) is 4.74 Å². The normalized spacial score (nSPS) is 17.6. The fourth-order valence-corrected chi connectivity index (χ4v) is 4.92. The van der Waals surface area contributed by atoms with Crippen molar-refractivity contribution in [2.24, 2.45) is 0 Å². The highest BCUT2D eigenvalue weighted by Gasteiger charge is 2.52. The zero-order valence-corrected chi connectivity index (χ0v) is 20.0. The van der Waals surface area contributed by atoms with Crippen LogP contribution in [0, 0.1) is 0 Å². The number of carbonyl (C=O) groups is 1. The smallest absolute Gasteiger partial charge is 0.256 e. The number of benzene rings is 3. The van der Waals surface area contributed by atoms with Gasteiger partial charge < -0.3 is 9.64 Å². The van der Waals surface area contributed by atoms with Gasteiger partial charge in [0.15, 0.2) is 0 Å². The molecule has 0 aliphatic carbocycles. The van der Waals surface area contributed by atoms with Gasteiger partial charge in [-0.1, -0.05) is 60.7 Å². The number of para-hydroxylation sites is 1. The molecule has 1 aliphatic rings. The van der Waals surface area contributed by atoms with Gasteiger partial charge in [0.1, 0.15) is 11.2 Å². The maximum Gasteiger partial charge on any atom is 0.256 e. The van der Waals surface area contributed by atoms with Crippen molar-refractivity contribution in [2.45, 2.75) is 24.8 Å². The van der Waals surface area contributed by atoms with Gasteiger partial charge >= 0.3 is 0 Å². The lowest BCUT2D eigenvalue weighted by molar-refractivity contribution is -0.124. The van der Waals surface area contributed by atoms with Crippen molar-refractivity contribution < 1.29 is 9.53 Å². The van der Waals surface area contributed by atoms with E-state index in [9.17, 15) is 4.79 Å². The summed E-state index contributed by atoms with van der Waals surface area (Å²) < 4.78 is 5.39. The second-order valence-electron chi connectivity index (χ2n) is 8.98. The number of nitrogens with zero attached hydrogens (tertiary/aromatic N) is 3. The summed E-state index contributed by atoms with van der Waals surface area (Å²) in [6, 6.07) is 26.5. The van der Waals surface area contributed by atoms with Gasteiger partial charge in [0.25, 0.3) is 5.91 Å². The van der Waals surface area contributed by atoms with E-state index < -0.39 is 5.41 Å². The molecular weight excluding hydrogens is 410 g/mol. The zero-order chi connectivity index (χ0) is 23.4. The van der Waals surface area contributed by atoms with Gasteiger partial charge in [-0.05, 0) is 68.4 Å². The number of methoxy groups -OCH3 is 1. The van der Waals surface area contributed by atoms with Crippen LogP contribution in [0.3, 0.4) is 0 Å². The van der Waals surface area contributed by atoms with E-state index in [0.717, 1.165) is 47.5 Å². The Morgan fingerprint density at radius 3 is 2.36 bits per heavy atom. The topological polar surface area (TPSA) is 36.0 Å². The molecule has 0 bridgehead atoms. The number of hydrogen-bond acceptors (Lipinski definition) is 4. The third-order valence-electron chi connectivity index (χ3n) is 6.46. The fraction of sp³-hybridized carbons (Fsp3) is 0.321. The van der Waals surface area contributed by atoms with E-state index in [1.165, 1.54) is 0 Å². The Morgan fingerprint density at radius 2 is 1.64 bits per heavy atom. The monoisotopic (exact) mass is 443 g/mol. The summed E-state index contributed by atoms with van der Waals surface area (Å²) in [7, 11) is 7.81. The first-order chi connectivity index (χ1) is 16.0. The van der Waals surface area contributed by atoms with Crippen molar-refractivity contribution in [3.8, 4) is 5.75 Å². The molecular formula is C28H33N3O2. The second kappa shape index (κ2) is 9.77. The maximum atomic E-state index is 14.4. The van der Waals surface area contributed by atoms with Crippen LogP contribution in [0.25, 0.3) is 0 Å². The highest BCUT2D eigenvalue weighted by atomic mass is 16.5. The van der Waals surface area contributed by atoms with Gasteiger partial charge in [-0.2, -0.15) is 0 Å². The summed E-state index contributed by atoms with van der Waals surface area (Å²) in [6.07, 6.45) is 1.68. The minimum absolute atomic E-state index is 0.110. The van der Waals surface area contributed by atoms with Crippen molar-refractivity contribution in [1.82, 2.24) is 9.91 Å². The third kappa shape index (κ3) is 4.39. The predicted octanol–water partition coefficient (Wildman–Crippen LogP) is 4.72. The molecule has 1 aliphatic heterocycles. The van der Waals surface area contributed by atoms with Gasteiger partial charge in [0.05, 0.1) is 12.8 Å². The van der Waals surface area contributed by atoms with E-state index >= 15 is 0 Å². The molecule has 1 atom stereocenters. The molecule has 0 spiro atoms. The van der Waals surface area contributed by atoms with Crippen LogP contribution in [0.1, 0.15) is 29.5 Å². The van der Waals surface area contributed by atoms with E-state index in [-0.39, 0.29) is 5.91 Å². The number of carbonyl (C=O) groups excluding carboxylic acids is 1. The zero-order valence-electron chi connectivity index (χ0n) is 20.0. The molecule has 1 amide bonds. The van der Waals surface area contributed by atoms with Crippen LogP contribution in [-0.4, -0.2) is 50.6 Å². The number of hydrazine groups is 1. The molecule has 0 fully saturated rings. The molecule has 0 saturated heterocycles. The molecule has 33 heavy (non-hydrogen) atoms. The lowest BCUT2D eigenvalue weighted by Crippen LogP contribution is -2.48. The van der Waals surface area contributed by atoms with Crippen molar-refractivity contribution in [3.05, 3.63) is 95.6 Å². The number of ether oxygens (including phenoxy) is 1. The highest BCUT2D eigenvalue weighted by Crippen LogP contribution is 2.49. The van der Waals surface area contributed by atoms with Crippen LogP contribution < -0.4 is 9.75 Å². The molecule has 1 unspecified atom stereocenters. The van der Waals surface area contributed by atoms with Gasteiger partial charge in [-0.3, -0.25) is 4.79 Å². The van der Waals surface area contributed by atoms with Crippen molar-refractivity contribution in [3.63, 3.8) is 0 Å². The van der Waals surface area contributed by atoms with E-state index in [2.05, 4.69) is 49.3 Å². The average Bonchev–Trinajstić information content (AvgIpc) is 3.08. The Hall–Kier alpha value is -3.15. The average molecular weight is 444 g/mol. The van der Waals surface area contributed by atoms with Gasteiger partial charge in [-0.15, -0.1) is 0 Å². The summed E-state index contributed by atoms with van der Waals surface area (Å²) in [6.45, 7) is 1.53. The molecule has 0 radical (unpaired) electrons. The maximum absolute atomic E-state index is 14.4. The first-order valence-corrected chi connectivity index (χ1v) is 11.5. The first-order valence-electron chi connectivity index (χ1n) is 11.5. The summed E-state index contributed by atoms with van der Waals surface area (Å²) in [5.41, 5.74) is 3.49. The Labute approximate surface area is 197 Å². The van der Waals surface area contributed by atoms with Crippen LogP contribution in [0.2, 0.25) is 0 Å². The minimum atomic E-state index is -0.698. The first kappa shape index (κ1) is 23.0. The summed E-state index contributed by atoms with van der Waals surface area (Å²) >= 11 is 0. The van der Waals surface area contributed by atoms with E-state index in [0.29, 0.717) is 6.54 Å². The molecule has 172 valence electrons. The molecule has 1 heterocycles. The summed E-state index contributed by atoms with van der Waals surface area (Å²) in [5.74, 6) is 0.926. The van der Waals surface area contributed by atoms with Crippen LogP contribution >= 0.6 is 0 Å². The Bertz CT molecular complexity index is 1100. The quantitative estimate of drug-likeness (QED) is 0.480. The number of amides is 1. The van der Waals surface area contributed by atoms with Gasteiger partial charge in [0, 0.05) is 13.6 Å². The highest BCUT2D eigenvalue weighted by molar-refractivity contribution is 6.09. The Kier molecular flexibility index (Phi) is 6.82. The van der Waals surface area contributed by atoms with Crippen molar-refractivity contribution in [2.75, 3.05) is 39.8 Å². The number of fused-ring (bicyclic) bond motifs is 1. The largest absolute Gasteiger partial charge is 0.497 e. The van der Waals surface area contributed by atoms with Crippen molar-refractivity contribution >= 4 is 11.6 Å². The van der Waals surface area contributed by atoms with E-state index in [1.54, 1.807) is 7.11 Å². The lowest BCUT2D eigenvalue weighted by Gasteiger charge is -2.33. The van der Waals surface area contributed by atoms with Gasteiger partial charge in [0.2, 0.25) is 0 Å². The molecule has 3 aromatic rings. The van der Waals surface area contributed by atoms with E-state index in [1.807, 2.05) is 65.6 Å². The van der Waals surface area contributed by atoms with Gasteiger partial charge in [-0.25, -0.2) is 10.0 Å². The summed E-state index contributed by atoms with van der Waals surface area (Å²) in [5, 5.41) is 3.89. The molecule has 5 heteroatoms. The number of anilines is 1.